The molecule has 1 unspecified atom stereocenters. The second-order valence-electron chi connectivity index (χ2n) is 4.96. The van der Waals surface area contributed by atoms with Gasteiger partial charge in [0.25, 0.3) is 0 Å². The molecule has 108 valence electrons. The van der Waals surface area contributed by atoms with Crippen LogP contribution in [0.5, 0.6) is 0 Å². The SMILES string of the molecule is COCCCNC(=O)C(=O)N1c2ccccc2CC1C. The molecular weight excluding hydrogens is 256 g/mol. The Morgan fingerprint density at radius 3 is 2.90 bits per heavy atom. The summed E-state index contributed by atoms with van der Waals surface area (Å²) in [6, 6.07) is 7.73. The molecule has 1 atom stereocenters. The molecule has 1 N–H and O–H groups in total. The quantitative estimate of drug-likeness (QED) is 0.662. The van der Waals surface area contributed by atoms with Crippen LogP contribution in [0.4, 0.5) is 5.69 Å². The predicted octanol–water partition coefficient (Wildman–Crippen LogP) is 1.12. The average molecular weight is 276 g/mol. The van der Waals surface area contributed by atoms with Crippen molar-refractivity contribution in [3.8, 4) is 0 Å². The van der Waals surface area contributed by atoms with E-state index in [4.69, 9.17) is 4.74 Å². The average Bonchev–Trinajstić information content (AvgIpc) is 2.78. The van der Waals surface area contributed by atoms with E-state index in [0.29, 0.717) is 19.6 Å². The molecule has 0 spiro atoms. The van der Waals surface area contributed by atoms with E-state index in [0.717, 1.165) is 17.7 Å². The van der Waals surface area contributed by atoms with Gasteiger partial charge in [-0.25, -0.2) is 0 Å². The molecular formula is C15H20N2O3. The smallest absolute Gasteiger partial charge is 0.316 e. The minimum atomic E-state index is -0.551. The number of para-hydroxylation sites is 1. The van der Waals surface area contributed by atoms with Crippen molar-refractivity contribution in [2.45, 2.75) is 25.8 Å². The highest BCUT2D eigenvalue weighted by atomic mass is 16.5. The van der Waals surface area contributed by atoms with Crippen LogP contribution in [-0.4, -0.2) is 38.1 Å². The van der Waals surface area contributed by atoms with E-state index in [1.807, 2.05) is 31.2 Å². The summed E-state index contributed by atoms with van der Waals surface area (Å²) in [5.74, 6) is -1.04. The molecule has 0 saturated carbocycles. The zero-order valence-electron chi connectivity index (χ0n) is 11.9. The molecule has 0 fully saturated rings. The van der Waals surface area contributed by atoms with Gasteiger partial charge < -0.3 is 15.0 Å². The van der Waals surface area contributed by atoms with Crippen LogP contribution in [0.25, 0.3) is 0 Å². The van der Waals surface area contributed by atoms with Crippen molar-refractivity contribution in [3.63, 3.8) is 0 Å². The first-order chi connectivity index (χ1) is 9.65. The van der Waals surface area contributed by atoms with Crippen LogP contribution in [0.1, 0.15) is 18.9 Å². The first-order valence-electron chi connectivity index (χ1n) is 6.83. The number of carbonyl (C=O) groups excluding carboxylic acids is 2. The van der Waals surface area contributed by atoms with Crippen LogP contribution in [0.2, 0.25) is 0 Å². The highest BCUT2D eigenvalue weighted by Gasteiger charge is 2.33. The number of anilines is 1. The summed E-state index contributed by atoms with van der Waals surface area (Å²) in [5, 5.41) is 2.64. The van der Waals surface area contributed by atoms with Gasteiger partial charge in [0, 0.05) is 32.0 Å². The van der Waals surface area contributed by atoms with Gasteiger partial charge in [0.05, 0.1) is 0 Å². The van der Waals surface area contributed by atoms with Gasteiger partial charge in [0.15, 0.2) is 0 Å². The third-order valence-corrected chi connectivity index (χ3v) is 3.43. The summed E-state index contributed by atoms with van der Waals surface area (Å²) in [6.45, 7) is 2.97. The number of nitrogens with one attached hydrogen (secondary N) is 1. The van der Waals surface area contributed by atoms with Gasteiger partial charge in [-0.3, -0.25) is 9.59 Å². The van der Waals surface area contributed by atoms with Crippen molar-refractivity contribution in [2.24, 2.45) is 0 Å². The minimum Gasteiger partial charge on any atom is -0.385 e. The van der Waals surface area contributed by atoms with E-state index in [2.05, 4.69) is 5.32 Å². The van der Waals surface area contributed by atoms with E-state index in [9.17, 15) is 9.59 Å². The monoisotopic (exact) mass is 276 g/mol. The summed E-state index contributed by atoms with van der Waals surface area (Å²) in [4.78, 5) is 25.8. The van der Waals surface area contributed by atoms with Crippen molar-refractivity contribution in [1.82, 2.24) is 5.32 Å². The molecule has 1 aliphatic heterocycles. The first kappa shape index (κ1) is 14.5. The maximum atomic E-state index is 12.3. The fraction of sp³-hybridized carbons (Fsp3) is 0.467. The number of benzene rings is 1. The second kappa shape index (κ2) is 6.52. The summed E-state index contributed by atoms with van der Waals surface area (Å²) in [5.41, 5.74) is 1.96. The van der Waals surface area contributed by atoms with E-state index >= 15 is 0 Å². The van der Waals surface area contributed by atoms with Crippen molar-refractivity contribution >= 4 is 17.5 Å². The Labute approximate surface area is 118 Å². The lowest BCUT2D eigenvalue weighted by atomic mass is 10.1. The molecule has 0 saturated heterocycles. The molecule has 0 bridgehead atoms. The first-order valence-corrected chi connectivity index (χ1v) is 6.83. The number of fused-ring (bicyclic) bond motifs is 1. The van der Waals surface area contributed by atoms with Crippen molar-refractivity contribution < 1.29 is 14.3 Å². The minimum absolute atomic E-state index is 0.0182. The third kappa shape index (κ3) is 2.99. The van der Waals surface area contributed by atoms with Gasteiger partial charge in [-0.1, -0.05) is 18.2 Å². The largest absolute Gasteiger partial charge is 0.385 e. The Hall–Kier alpha value is -1.88. The second-order valence-corrected chi connectivity index (χ2v) is 4.96. The van der Waals surface area contributed by atoms with Gasteiger partial charge in [-0.05, 0) is 31.4 Å². The van der Waals surface area contributed by atoms with Crippen LogP contribution in [0.15, 0.2) is 24.3 Å². The van der Waals surface area contributed by atoms with E-state index in [1.165, 1.54) is 0 Å². The molecule has 0 aromatic heterocycles. The Balaban J connectivity index is 2.00. The van der Waals surface area contributed by atoms with Crippen molar-refractivity contribution in [1.29, 1.82) is 0 Å². The number of hydrogen-bond donors (Lipinski definition) is 1. The van der Waals surface area contributed by atoms with E-state index < -0.39 is 11.8 Å². The number of ether oxygens (including phenoxy) is 1. The fourth-order valence-electron chi connectivity index (χ4n) is 2.48. The Kier molecular flexibility index (Phi) is 4.74. The summed E-state index contributed by atoms with van der Waals surface area (Å²) in [7, 11) is 1.61. The Morgan fingerprint density at radius 2 is 2.15 bits per heavy atom. The van der Waals surface area contributed by atoms with Crippen molar-refractivity contribution in [2.75, 3.05) is 25.2 Å². The third-order valence-electron chi connectivity index (χ3n) is 3.43. The summed E-state index contributed by atoms with van der Waals surface area (Å²) < 4.78 is 4.90. The van der Waals surface area contributed by atoms with E-state index in [1.54, 1.807) is 12.0 Å². The molecule has 5 nitrogen and oxygen atoms in total. The maximum absolute atomic E-state index is 12.3. The number of methoxy groups -OCH3 is 1. The van der Waals surface area contributed by atoms with Crippen LogP contribution in [0.3, 0.4) is 0 Å². The molecule has 1 aromatic carbocycles. The number of nitrogens with zero attached hydrogens (tertiary/aromatic N) is 1. The lowest BCUT2D eigenvalue weighted by molar-refractivity contribution is -0.137. The molecule has 20 heavy (non-hydrogen) atoms. The topological polar surface area (TPSA) is 58.6 Å². The van der Waals surface area contributed by atoms with Crippen LogP contribution < -0.4 is 10.2 Å². The number of amides is 2. The lowest BCUT2D eigenvalue weighted by Crippen LogP contribution is -2.46. The lowest BCUT2D eigenvalue weighted by Gasteiger charge is -2.21. The van der Waals surface area contributed by atoms with Crippen molar-refractivity contribution in [3.05, 3.63) is 29.8 Å². The number of carbonyl (C=O) groups is 2. The fourth-order valence-corrected chi connectivity index (χ4v) is 2.48. The normalized spacial score (nSPS) is 16.9. The molecule has 5 heteroatoms. The molecule has 1 aliphatic rings. The molecule has 2 amide bonds. The van der Waals surface area contributed by atoms with E-state index in [-0.39, 0.29) is 6.04 Å². The van der Waals surface area contributed by atoms with Crippen LogP contribution >= 0.6 is 0 Å². The molecule has 0 aliphatic carbocycles. The van der Waals surface area contributed by atoms with Gasteiger partial charge in [0.2, 0.25) is 0 Å². The highest BCUT2D eigenvalue weighted by molar-refractivity contribution is 6.40. The standard InChI is InChI=1S/C15H20N2O3/c1-11-10-12-6-3-4-7-13(12)17(11)15(19)14(18)16-8-5-9-20-2/h3-4,6-7,11H,5,8-10H2,1-2H3,(H,16,18). The van der Waals surface area contributed by atoms with Gasteiger partial charge in [0.1, 0.15) is 0 Å². The number of rotatable bonds is 4. The summed E-state index contributed by atoms with van der Waals surface area (Å²) >= 11 is 0. The van der Waals surface area contributed by atoms with Gasteiger partial charge in [-0.2, -0.15) is 0 Å². The summed E-state index contributed by atoms with van der Waals surface area (Å²) in [6.07, 6.45) is 1.49. The zero-order chi connectivity index (χ0) is 14.5. The maximum Gasteiger partial charge on any atom is 0.316 e. The molecule has 0 radical (unpaired) electrons. The Bertz CT molecular complexity index is 502. The highest BCUT2D eigenvalue weighted by Crippen LogP contribution is 2.31. The van der Waals surface area contributed by atoms with Crippen LogP contribution in [0, 0.1) is 0 Å². The Morgan fingerprint density at radius 1 is 1.40 bits per heavy atom. The molecule has 1 heterocycles. The molecule has 1 aromatic rings. The van der Waals surface area contributed by atoms with Gasteiger partial charge in [-0.15, -0.1) is 0 Å². The van der Waals surface area contributed by atoms with Crippen LogP contribution in [-0.2, 0) is 20.7 Å². The molecule has 2 rings (SSSR count). The van der Waals surface area contributed by atoms with Gasteiger partial charge >= 0.3 is 11.8 Å². The predicted molar refractivity (Wildman–Crippen MR) is 76.6 cm³/mol. The zero-order valence-corrected chi connectivity index (χ0v) is 11.9. The number of hydrogen-bond acceptors (Lipinski definition) is 3.